The number of nitrogens with one attached hydrogen (secondary N) is 4. The molecule has 1 aromatic heterocycles. The highest BCUT2D eigenvalue weighted by Crippen LogP contribution is 2.07. The second kappa shape index (κ2) is 14.3. The van der Waals surface area contributed by atoms with Gasteiger partial charge in [0.15, 0.2) is 0 Å². The van der Waals surface area contributed by atoms with Crippen LogP contribution >= 0.6 is 0 Å². The second-order valence-electron chi connectivity index (χ2n) is 8.21. The third kappa shape index (κ3) is 9.70. The van der Waals surface area contributed by atoms with Crippen LogP contribution in [0.5, 0.6) is 0 Å². The van der Waals surface area contributed by atoms with Crippen molar-refractivity contribution in [2.75, 3.05) is 6.61 Å². The first-order valence-corrected chi connectivity index (χ1v) is 11.3. The van der Waals surface area contributed by atoms with Crippen molar-refractivity contribution in [3.8, 4) is 0 Å². The summed E-state index contributed by atoms with van der Waals surface area (Å²) in [4.78, 5) is 67.6. The van der Waals surface area contributed by atoms with Gasteiger partial charge in [0.25, 0.3) is 0 Å². The number of H-pyrrole nitrogens is 1. The van der Waals surface area contributed by atoms with Crippen LogP contribution in [0, 0.1) is 0 Å². The van der Waals surface area contributed by atoms with Gasteiger partial charge in [-0.1, -0.05) is 30.3 Å². The van der Waals surface area contributed by atoms with E-state index < -0.39 is 66.9 Å². The van der Waals surface area contributed by atoms with Crippen LogP contribution in [0.4, 0.5) is 0 Å². The number of benzene rings is 1. The summed E-state index contributed by atoms with van der Waals surface area (Å²) in [6.45, 7) is -0.876. The first kappa shape index (κ1) is 28.9. The van der Waals surface area contributed by atoms with Gasteiger partial charge >= 0.3 is 11.9 Å². The Labute approximate surface area is 211 Å². The van der Waals surface area contributed by atoms with Crippen molar-refractivity contribution in [1.29, 1.82) is 0 Å². The molecule has 3 amide bonds. The number of hydrogen-bond donors (Lipinski definition) is 8. The minimum Gasteiger partial charge on any atom is -0.481 e. The molecule has 2 aromatic rings. The maximum absolute atomic E-state index is 13.1. The predicted molar refractivity (Wildman–Crippen MR) is 128 cm³/mol. The third-order valence-electron chi connectivity index (χ3n) is 5.32. The van der Waals surface area contributed by atoms with Crippen molar-refractivity contribution in [3.63, 3.8) is 0 Å². The smallest absolute Gasteiger partial charge is 0.328 e. The number of nitrogens with zero attached hydrogens (tertiary/aromatic N) is 1. The van der Waals surface area contributed by atoms with Crippen LogP contribution in [0.15, 0.2) is 42.9 Å². The molecule has 14 heteroatoms. The number of nitrogens with two attached hydrogens (primary N) is 1. The second-order valence-corrected chi connectivity index (χ2v) is 8.21. The molecule has 0 aliphatic heterocycles. The average molecular weight is 519 g/mol. The Hall–Kier alpha value is -4.30. The van der Waals surface area contributed by atoms with E-state index in [1.807, 2.05) is 0 Å². The highest BCUT2D eigenvalue weighted by atomic mass is 16.4. The summed E-state index contributed by atoms with van der Waals surface area (Å²) in [7, 11) is 0. The number of carbonyl (C=O) groups is 5. The Kier molecular flexibility index (Phi) is 11.2. The number of aromatic nitrogens is 2. The van der Waals surface area contributed by atoms with Gasteiger partial charge in [0.1, 0.15) is 18.1 Å². The number of aliphatic hydroxyl groups is 1. The first-order chi connectivity index (χ1) is 17.6. The molecular weight excluding hydrogens is 488 g/mol. The van der Waals surface area contributed by atoms with Gasteiger partial charge in [0.2, 0.25) is 17.7 Å². The molecule has 4 unspecified atom stereocenters. The standard InChI is InChI=1S/C23H30N6O8/c24-15(9-14-10-25-12-26-14)20(33)27-16(6-7-19(31)32)21(34)28-17(8-13-4-2-1-3-5-13)22(35)29-18(11-30)23(36)37/h1-5,10,12,15-18,30H,6-9,11,24H2,(H,25,26)(H,27,33)(H,28,34)(H,29,35)(H,31,32)(H,36,37). The Morgan fingerprint density at radius 2 is 1.51 bits per heavy atom. The summed E-state index contributed by atoms with van der Waals surface area (Å²) in [5.41, 5.74) is 7.12. The summed E-state index contributed by atoms with van der Waals surface area (Å²) in [5, 5.41) is 34.5. The van der Waals surface area contributed by atoms with E-state index in [1.54, 1.807) is 30.3 Å². The molecule has 0 aliphatic carbocycles. The average Bonchev–Trinajstić information content (AvgIpc) is 3.37. The molecule has 4 atom stereocenters. The zero-order valence-electron chi connectivity index (χ0n) is 19.8. The predicted octanol–water partition coefficient (Wildman–Crippen LogP) is -2.08. The lowest BCUT2D eigenvalue weighted by Gasteiger charge is -2.25. The lowest BCUT2D eigenvalue weighted by atomic mass is 10.0. The first-order valence-electron chi connectivity index (χ1n) is 11.3. The Balaban J connectivity index is 2.19. The Morgan fingerprint density at radius 3 is 2.08 bits per heavy atom. The molecule has 0 bridgehead atoms. The zero-order chi connectivity index (χ0) is 27.4. The van der Waals surface area contributed by atoms with Gasteiger partial charge in [0, 0.05) is 31.2 Å². The lowest BCUT2D eigenvalue weighted by Crippen LogP contribution is -2.58. The molecular formula is C23H30N6O8. The quantitative estimate of drug-likeness (QED) is 0.128. The maximum atomic E-state index is 13.1. The minimum atomic E-state index is -1.61. The molecule has 2 rings (SSSR count). The van der Waals surface area contributed by atoms with E-state index in [0.717, 1.165) is 0 Å². The molecule has 200 valence electrons. The van der Waals surface area contributed by atoms with Gasteiger partial charge in [-0.3, -0.25) is 19.2 Å². The van der Waals surface area contributed by atoms with Crippen LogP contribution in [-0.2, 0) is 36.8 Å². The number of amides is 3. The number of aromatic amines is 1. The van der Waals surface area contributed by atoms with Gasteiger partial charge in [0.05, 0.1) is 19.0 Å². The molecule has 1 aromatic carbocycles. The SMILES string of the molecule is NC(Cc1cnc[nH]1)C(=O)NC(CCC(=O)O)C(=O)NC(Cc1ccccc1)C(=O)NC(CO)C(=O)O. The van der Waals surface area contributed by atoms with Gasteiger partial charge in [-0.15, -0.1) is 0 Å². The van der Waals surface area contributed by atoms with Crippen molar-refractivity contribution < 1.29 is 39.3 Å². The van der Waals surface area contributed by atoms with E-state index in [-0.39, 0.29) is 19.3 Å². The Bertz CT molecular complexity index is 1060. The fraction of sp³-hybridized carbons (Fsp3) is 0.391. The molecule has 0 fully saturated rings. The number of rotatable bonds is 15. The number of carbonyl (C=O) groups excluding carboxylic acids is 3. The monoisotopic (exact) mass is 518 g/mol. The van der Waals surface area contributed by atoms with Crippen LogP contribution in [0.2, 0.25) is 0 Å². The van der Waals surface area contributed by atoms with E-state index in [0.29, 0.717) is 11.3 Å². The van der Waals surface area contributed by atoms with E-state index in [9.17, 15) is 29.1 Å². The topological polar surface area (TPSA) is 237 Å². The van der Waals surface area contributed by atoms with E-state index >= 15 is 0 Å². The van der Waals surface area contributed by atoms with Gasteiger partial charge < -0.3 is 42.0 Å². The fourth-order valence-electron chi connectivity index (χ4n) is 3.33. The fourth-order valence-corrected chi connectivity index (χ4v) is 3.33. The number of imidazole rings is 1. The van der Waals surface area contributed by atoms with Crippen molar-refractivity contribution in [2.24, 2.45) is 5.73 Å². The molecule has 0 spiro atoms. The number of aliphatic hydroxyl groups excluding tert-OH is 1. The van der Waals surface area contributed by atoms with E-state index in [1.165, 1.54) is 12.5 Å². The van der Waals surface area contributed by atoms with E-state index in [2.05, 4.69) is 25.9 Å². The van der Waals surface area contributed by atoms with Crippen LogP contribution in [0.3, 0.4) is 0 Å². The van der Waals surface area contributed by atoms with Crippen molar-refractivity contribution in [2.45, 2.75) is 49.9 Å². The van der Waals surface area contributed by atoms with Gasteiger partial charge in [-0.25, -0.2) is 9.78 Å². The summed E-state index contributed by atoms with van der Waals surface area (Å²) in [6.07, 6.45) is 2.16. The van der Waals surface area contributed by atoms with Crippen molar-refractivity contribution >= 4 is 29.7 Å². The van der Waals surface area contributed by atoms with Crippen molar-refractivity contribution in [3.05, 3.63) is 54.1 Å². The summed E-state index contributed by atoms with van der Waals surface area (Å²) in [6, 6.07) is 3.19. The molecule has 14 nitrogen and oxygen atoms in total. The number of hydrogen-bond acceptors (Lipinski definition) is 8. The Morgan fingerprint density at radius 1 is 0.892 bits per heavy atom. The molecule has 37 heavy (non-hydrogen) atoms. The number of carboxylic acids is 2. The summed E-state index contributed by atoms with van der Waals surface area (Å²) >= 11 is 0. The van der Waals surface area contributed by atoms with Gasteiger partial charge in [-0.2, -0.15) is 0 Å². The van der Waals surface area contributed by atoms with Crippen LogP contribution in [-0.4, -0.2) is 85.7 Å². The summed E-state index contributed by atoms with van der Waals surface area (Å²) < 4.78 is 0. The highest BCUT2D eigenvalue weighted by molar-refractivity contribution is 5.94. The molecule has 0 aliphatic rings. The molecule has 0 radical (unpaired) electrons. The molecule has 1 heterocycles. The molecule has 9 N–H and O–H groups in total. The van der Waals surface area contributed by atoms with Crippen LogP contribution < -0.4 is 21.7 Å². The number of carboxylic acid groups (broad SMARTS) is 2. The normalized spacial score (nSPS) is 14.0. The largest absolute Gasteiger partial charge is 0.481 e. The molecule has 0 saturated heterocycles. The molecule has 0 saturated carbocycles. The number of aliphatic carboxylic acids is 2. The minimum absolute atomic E-state index is 0.0465. The highest BCUT2D eigenvalue weighted by Gasteiger charge is 2.30. The van der Waals surface area contributed by atoms with Crippen LogP contribution in [0.25, 0.3) is 0 Å². The zero-order valence-corrected chi connectivity index (χ0v) is 19.8. The third-order valence-corrected chi connectivity index (χ3v) is 5.32. The van der Waals surface area contributed by atoms with Crippen LogP contribution in [0.1, 0.15) is 24.1 Å². The van der Waals surface area contributed by atoms with Crippen molar-refractivity contribution in [1.82, 2.24) is 25.9 Å². The van der Waals surface area contributed by atoms with Gasteiger partial charge in [-0.05, 0) is 12.0 Å². The van der Waals surface area contributed by atoms with E-state index in [4.69, 9.17) is 15.9 Å². The summed E-state index contributed by atoms with van der Waals surface area (Å²) in [5.74, 6) is -5.17. The lowest BCUT2D eigenvalue weighted by molar-refractivity contribution is -0.143. The maximum Gasteiger partial charge on any atom is 0.328 e.